The van der Waals surface area contributed by atoms with Gasteiger partial charge in [0.1, 0.15) is 11.2 Å². The summed E-state index contributed by atoms with van der Waals surface area (Å²) >= 11 is 0. The van der Waals surface area contributed by atoms with Gasteiger partial charge in [-0.05, 0) is 23.8 Å². The number of rotatable bonds is 3. The Kier molecular flexibility index (Phi) is 3.06. The van der Waals surface area contributed by atoms with Crippen LogP contribution in [0.15, 0.2) is 71.1 Å². The van der Waals surface area contributed by atoms with Crippen molar-refractivity contribution in [3.63, 3.8) is 0 Å². The minimum atomic E-state index is 0.390. The van der Waals surface area contributed by atoms with Gasteiger partial charge in [0.15, 0.2) is 0 Å². The van der Waals surface area contributed by atoms with E-state index in [1.165, 1.54) is 0 Å². The lowest BCUT2D eigenvalue weighted by Crippen LogP contribution is -2.11. The third-order valence-corrected chi connectivity index (χ3v) is 3.89. The van der Waals surface area contributed by atoms with Crippen LogP contribution in [0.25, 0.3) is 33.1 Å². The molecule has 4 aromatic rings. The molecule has 108 valence electrons. The van der Waals surface area contributed by atoms with Gasteiger partial charge in [-0.15, -0.1) is 0 Å². The molecular weight excluding hydrogens is 272 g/mol. The summed E-state index contributed by atoms with van der Waals surface area (Å²) < 4.78 is 5.99. The summed E-state index contributed by atoms with van der Waals surface area (Å²) in [5, 5.41) is 5.48. The standard InChI is InChI=1S/C19H16N2O/c20-12-21-17-10-16-14-8-4-5-9-18(14)22-19(16)11-15(17)13-6-2-1-3-7-13/h1-11,21H,12,20H2. The molecule has 3 heteroatoms. The van der Waals surface area contributed by atoms with Gasteiger partial charge in [-0.1, -0.05) is 48.5 Å². The monoisotopic (exact) mass is 288 g/mol. The van der Waals surface area contributed by atoms with Crippen LogP contribution < -0.4 is 11.1 Å². The van der Waals surface area contributed by atoms with E-state index in [4.69, 9.17) is 10.2 Å². The van der Waals surface area contributed by atoms with Gasteiger partial charge in [-0.3, -0.25) is 0 Å². The highest BCUT2D eigenvalue weighted by Crippen LogP contribution is 2.37. The minimum Gasteiger partial charge on any atom is -0.456 e. The largest absolute Gasteiger partial charge is 0.456 e. The zero-order chi connectivity index (χ0) is 14.9. The molecule has 0 aliphatic carbocycles. The van der Waals surface area contributed by atoms with Crippen LogP contribution in [0.5, 0.6) is 0 Å². The SMILES string of the molecule is NCNc1cc2c(cc1-c1ccccc1)oc1ccccc12. The number of fused-ring (bicyclic) bond motifs is 3. The fourth-order valence-electron chi connectivity index (χ4n) is 2.88. The van der Waals surface area contributed by atoms with E-state index in [1.54, 1.807) is 0 Å². The Morgan fingerprint density at radius 2 is 1.59 bits per heavy atom. The fraction of sp³-hybridized carbons (Fsp3) is 0.0526. The van der Waals surface area contributed by atoms with E-state index in [0.29, 0.717) is 6.67 Å². The Morgan fingerprint density at radius 3 is 2.41 bits per heavy atom. The van der Waals surface area contributed by atoms with Crippen molar-refractivity contribution in [2.24, 2.45) is 5.73 Å². The normalized spacial score (nSPS) is 11.1. The first-order chi connectivity index (χ1) is 10.9. The summed E-state index contributed by atoms with van der Waals surface area (Å²) in [6, 6.07) is 22.5. The summed E-state index contributed by atoms with van der Waals surface area (Å²) in [6.07, 6.45) is 0. The zero-order valence-electron chi connectivity index (χ0n) is 12.0. The maximum atomic E-state index is 5.99. The van der Waals surface area contributed by atoms with Gasteiger partial charge in [-0.2, -0.15) is 0 Å². The predicted octanol–water partition coefficient (Wildman–Crippen LogP) is 4.58. The molecule has 0 amide bonds. The molecule has 0 atom stereocenters. The number of furan rings is 1. The average Bonchev–Trinajstić information content (AvgIpc) is 2.93. The second-order valence-corrected chi connectivity index (χ2v) is 5.24. The summed E-state index contributed by atoms with van der Waals surface area (Å²) in [4.78, 5) is 0. The van der Waals surface area contributed by atoms with Gasteiger partial charge < -0.3 is 15.5 Å². The topological polar surface area (TPSA) is 51.2 Å². The van der Waals surface area contributed by atoms with Crippen molar-refractivity contribution in [2.45, 2.75) is 0 Å². The molecule has 1 heterocycles. The van der Waals surface area contributed by atoms with E-state index in [0.717, 1.165) is 38.8 Å². The molecule has 0 spiro atoms. The molecule has 3 N–H and O–H groups in total. The van der Waals surface area contributed by atoms with Gasteiger partial charge in [0.05, 0.1) is 6.67 Å². The highest BCUT2D eigenvalue weighted by Gasteiger charge is 2.12. The molecule has 0 bridgehead atoms. The molecule has 0 aliphatic heterocycles. The third kappa shape index (κ3) is 2.03. The number of hydrogen-bond donors (Lipinski definition) is 2. The van der Waals surface area contributed by atoms with Crippen LogP contribution in [0.2, 0.25) is 0 Å². The number of para-hydroxylation sites is 1. The lowest BCUT2D eigenvalue weighted by Gasteiger charge is -2.11. The number of anilines is 1. The minimum absolute atomic E-state index is 0.390. The van der Waals surface area contributed by atoms with Crippen molar-refractivity contribution in [2.75, 3.05) is 12.0 Å². The smallest absolute Gasteiger partial charge is 0.136 e. The van der Waals surface area contributed by atoms with Crippen LogP contribution in [0.3, 0.4) is 0 Å². The quantitative estimate of drug-likeness (QED) is 0.542. The number of nitrogens with two attached hydrogens (primary N) is 1. The van der Waals surface area contributed by atoms with Crippen LogP contribution in [-0.4, -0.2) is 6.67 Å². The molecule has 0 radical (unpaired) electrons. The Bertz CT molecular complexity index is 942. The van der Waals surface area contributed by atoms with Gasteiger partial charge in [0.25, 0.3) is 0 Å². The fourth-order valence-corrected chi connectivity index (χ4v) is 2.88. The first-order valence-electron chi connectivity index (χ1n) is 7.31. The first-order valence-corrected chi connectivity index (χ1v) is 7.31. The lowest BCUT2D eigenvalue weighted by molar-refractivity contribution is 0.669. The van der Waals surface area contributed by atoms with Crippen LogP contribution >= 0.6 is 0 Å². The molecule has 0 unspecified atom stereocenters. The molecule has 4 rings (SSSR count). The second-order valence-electron chi connectivity index (χ2n) is 5.24. The molecule has 1 aromatic heterocycles. The van der Waals surface area contributed by atoms with Gasteiger partial charge >= 0.3 is 0 Å². The van der Waals surface area contributed by atoms with E-state index >= 15 is 0 Å². The molecule has 3 nitrogen and oxygen atoms in total. The van der Waals surface area contributed by atoms with Crippen molar-refractivity contribution >= 4 is 27.6 Å². The highest BCUT2D eigenvalue weighted by atomic mass is 16.3. The van der Waals surface area contributed by atoms with Crippen molar-refractivity contribution in [1.29, 1.82) is 0 Å². The molecule has 22 heavy (non-hydrogen) atoms. The van der Waals surface area contributed by atoms with E-state index in [-0.39, 0.29) is 0 Å². The maximum Gasteiger partial charge on any atom is 0.136 e. The molecule has 0 saturated carbocycles. The third-order valence-electron chi connectivity index (χ3n) is 3.89. The van der Waals surface area contributed by atoms with Gasteiger partial charge in [0, 0.05) is 22.0 Å². The predicted molar refractivity (Wildman–Crippen MR) is 91.8 cm³/mol. The van der Waals surface area contributed by atoms with Crippen molar-refractivity contribution in [3.05, 3.63) is 66.7 Å². The highest BCUT2D eigenvalue weighted by molar-refractivity contribution is 6.08. The summed E-state index contributed by atoms with van der Waals surface area (Å²) in [7, 11) is 0. The number of benzene rings is 3. The van der Waals surface area contributed by atoms with Crippen molar-refractivity contribution < 1.29 is 4.42 Å². The van der Waals surface area contributed by atoms with Crippen LogP contribution in [0.1, 0.15) is 0 Å². The van der Waals surface area contributed by atoms with Gasteiger partial charge in [-0.25, -0.2) is 0 Å². The molecule has 0 saturated heterocycles. The zero-order valence-corrected chi connectivity index (χ0v) is 12.0. The Hall–Kier alpha value is -2.78. The Morgan fingerprint density at radius 1 is 0.818 bits per heavy atom. The first kappa shape index (κ1) is 12.9. The molecule has 0 aliphatic rings. The summed E-state index contributed by atoms with van der Waals surface area (Å²) in [6.45, 7) is 0.390. The summed E-state index contributed by atoms with van der Waals surface area (Å²) in [5.41, 5.74) is 10.8. The van der Waals surface area contributed by atoms with E-state index in [2.05, 4.69) is 35.6 Å². The maximum absolute atomic E-state index is 5.99. The number of hydrogen-bond acceptors (Lipinski definition) is 3. The van der Waals surface area contributed by atoms with E-state index < -0.39 is 0 Å². The molecular formula is C19H16N2O. The summed E-state index contributed by atoms with van der Waals surface area (Å²) in [5.74, 6) is 0. The number of nitrogens with one attached hydrogen (secondary N) is 1. The Balaban J connectivity index is 2.03. The molecule has 3 aromatic carbocycles. The van der Waals surface area contributed by atoms with Gasteiger partial charge in [0.2, 0.25) is 0 Å². The lowest BCUT2D eigenvalue weighted by atomic mass is 10.0. The molecule has 0 fully saturated rings. The van der Waals surface area contributed by atoms with E-state index in [9.17, 15) is 0 Å². The van der Waals surface area contributed by atoms with Crippen LogP contribution in [-0.2, 0) is 0 Å². The van der Waals surface area contributed by atoms with Crippen molar-refractivity contribution in [3.8, 4) is 11.1 Å². The Labute approximate surface area is 128 Å². The van der Waals surface area contributed by atoms with Crippen LogP contribution in [0.4, 0.5) is 5.69 Å². The van der Waals surface area contributed by atoms with Crippen LogP contribution in [0, 0.1) is 0 Å². The van der Waals surface area contributed by atoms with E-state index in [1.807, 2.05) is 36.4 Å². The average molecular weight is 288 g/mol. The second kappa shape index (κ2) is 5.20. The van der Waals surface area contributed by atoms with Crippen molar-refractivity contribution in [1.82, 2.24) is 0 Å².